The summed E-state index contributed by atoms with van der Waals surface area (Å²) in [5.41, 5.74) is 11.6. The summed E-state index contributed by atoms with van der Waals surface area (Å²) in [5.74, 6) is 0.143. The number of hydrogen-bond donors (Lipinski definition) is 2. The van der Waals surface area contributed by atoms with Gasteiger partial charge in [0.15, 0.2) is 11.5 Å². The van der Waals surface area contributed by atoms with E-state index in [1.807, 2.05) is 24.3 Å². The third-order valence-corrected chi connectivity index (χ3v) is 9.58. The number of halogens is 1. The van der Waals surface area contributed by atoms with E-state index >= 15 is 0 Å². The highest BCUT2D eigenvalue weighted by atomic mass is 35.5. The molecule has 2 amide bonds. The van der Waals surface area contributed by atoms with Crippen molar-refractivity contribution >= 4 is 40.6 Å². The zero-order valence-corrected chi connectivity index (χ0v) is 25.0. The summed E-state index contributed by atoms with van der Waals surface area (Å²) >= 11 is 6.16. The summed E-state index contributed by atoms with van der Waals surface area (Å²) in [5, 5.41) is 3.24. The average Bonchev–Trinajstić information content (AvgIpc) is 3.20. The molecule has 3 aromatic carbocycles. The Labute approximate surface area is 256 Å². The van der Waals surface area contributed by atoms with Crippen molar-refractivity contribution in [3.05, 3.63) is 88.8 Å². The molecule has 3 aliphatic rings. The Kier molecular flexibility index (Phi) is 7.19. The van der Waals surface area contributed by atoms with Crippen LogP contribution in [0.5, 0.6) is 0 Å². The largest absolute Gasteiger partial charge is 0.397 e. The fourth-order valence-electron chi connectivity index (χ4n) is 6.48. The monoisotopic (exact) mass is 594 g/mol. The maximum atomic E-state index is 14.1. The number of carbonyl (C=O) groups is 2. The van der Waals surface area contributed by atoms with Crippen LogP contribution in [0.1, 0.15) is 60.4 Å². The van der Waals surface area contributed by atoms with Gasteiger partial charge >= 0.3 is 0 Å². The number of carbonyl (C=O) groups excluding carboxylic acids is 2. The third kappa shape index (κ3) is 5.08. The summed E-state index contributed by atoms with van der Waals surface area (Å²) in [7, 11) is 0. The predicted molar refractivity (Wildman–Crippen MR) is 171 cm³/mol. The molecule has 2 fully saturated rings. The molecule has 1 aromatic heterocycles. The number of nitrogens with two attached hydrogens (primary N) is 1. The van der Waals surface area contributed by atoms with E-state index < -0.39 is 0 Å². The number of aromatic nitrogens is 2. The van der Waals surface area contributed by atoms with Crippen LogP contribution in [0.3, 0.4) is 0 Å². The van der Waals surface area contributed by atoms with Crippen molar-refractivity contribution in [1.29, 1.82) is 0 Å². The number of imidazole rings is 1. The maximum absolute atomic E-state index is 14.1. The Morgan fingerprint density at radius 2 is 1.63 bits per heavy atom. The van der Waals surface area contributed by atoms with E-state index in [0.29, 0.717) is 40.0 Å². The molecule has 0 atom stereocenters. The van der Waals surface area contributed by atoms with Crippen molar-refractivity contribution in [3.63, 3.8) is 0 Å². The number of benzene rings is 3. The van der Waals surface area contributed by atoms with Crippen LogP contribution in [-0.4, -0.2) is 44.9 Å². The van der Waals surface area contributed by atoms with Crippen LogP contribution in [-0.2, 0) is 11.3 Å². The maximum Gasteiger partial charge on any atom is 0.279 e. The Hall–Kier alpha value is -4.14. The van der Waals surface area contributed by atoms with E-state index in [1.54, 1.807) is 29.7 Å². The lowest BCUT2D eigenvalue weighted by atomic mass is 9.84. The molecule has 2 aliphatic carbocycles. The van der Waals surface area contributed by atoms with E-state index in [2.05, 4.69) is 39.5 Å². The van der Waals surface area contributed by atoms with E-state index in [4.69, 9.17) is 17.3 Å². The molecule has 0 unspecified atom stereocenters. The first-order chi connectivity index (χ1) is 20.9. The van der Waals surface area contributed by atoms with Gasteiger partial charge < -0.3 is 11.1 Å². The van der Waals surface area contributed by atoms with Crippen molar-refractivity contribution in [3.8, 4) is 16.8 Å². The Balaban J connectivity index is 1.20. The highest BCUT2D eigenvalue weighted by molar-refractivity contribution is 6.33. The van der Waals surface area contributed by atoms with Gasteiger partial charge in [-0.05, 0) is 79.6 Å². The topological polar surface area (TPSA) is 96.5 Å². The highest BCUT2D eigenvalue weighted by Crippen LogP contribution is 2.37. The fourth-order valence-corrected chi connectivity index (χ4v) is 6.59. The quantitative estimate of drug-likeness (QED) is 0.235. The molecule has 2 saturated carbocycles. The first kappa shape index (κ1) is 27.7. The van der Waals surface area contributed by atoms with Gasteiger partial charge in [0.05, 0.1) is 10.7 Å². The number of aryl methyl sites for hydroxylation is 1. The molecular weight excluding hydrogens is 560 g/mol. The van der Waals surface area contributed by atoms with Crippen molar-refractivity contribution in [2.75, 3.05) is 22.5 Å². The number of nitrogens with one attached hydrogen (secondary N) is 1. The fraction of sp³-hybridized carbons (Fsp3) is 0.324. The van der Waals surface area contributed by atoms with E-state index in [1.165, 1.54) is 54.6 Å². The Morgan fingerprint density at radius 3 is 2.28 bits per heavy atom. The van der Waals surface area contributed by atoms with Crippen molar-refractivity contribution in [1.82, 2.24) is 14.5 Å². The number of hydrogen-bond acceptors (Lipinski definition) is 5. The molecular formula is C34H35ClN6O2. The Morgan fingerprint density at radius 1 is 0.953 bits per heavy atom. The number of fused-ring (bicyclic) bond motifs is 1. The SMILES string of the molecule is Cc1nc2c(n1-c1ccc(Cl)c(N)c1)C(=O)N(c1ccc(-c3ccccc3CN(C3CCC3)C3CCC3)cc1)CC(=O)N2. The van der Waals surface area contributed by atoms with Crippen molar-refractivity contribution in [2.45, 2.75) is 64.1 Å². The van der Waals surface area contributed by atoms with Gasteiger partial charge in [0.25, 0.3) is 5.91 Å². The third-order valence-electron chi connectivity index (χ3n) is 9.24. The normalized spacial score (nSPS) is 17.3. The summed E-state index contributed by atoms with van der Waals surface area (Å²) in [6, 6.07) is 23.1. The predicted octanol–water partition coefficient (Wildman–Crippen LogP) is 6.59. The second kappa shape index (κ2) is 11.2. The lowest BCUT2D eigenvalue weighted by Gasteiger charge is -2.46. The second-order valence-electron chi connectivity index (χ2n) is 11.9. The number of nitrogen functional groups attached to an aromatic ring is 1. The van der Waals surface area contributed by atoms with Crippen LogP contribution < -0.4 is 16.0 Å². The zero-order valence-electron chi connectivity index (χ0n) is 24.2. The van der Waals surface area contributed by atoms with Gasteiger partial charge in [-0.25, -0.2) is 4.98 Å². The van der Waals surface area contributed by atoms with Gasteiger partial charge in [0, 0.05) is 30.0 Å². The van der Waals surface area contributed by atoms with Crippen LogP contribution in [0.2, 0.25) is 5.02 Å². The molecule has 220 valence electrons. The molecule has 8 nitrogen and oxygen atoms in total. The number of rotatable bonds is 7. The summed E-state index contributed by atoms with van der Waals surface area (Å²) < 4.78 is 1.71. The summed E-state index contributed by atoms with van der Waals surface area (Å²) in [6.45, 7) is 2.62. The molecule has 43 heavy (non-hydrogen) atoms. The zero-order chi connectivity index (χ0) is 29.7. The minimum atomic E-state index is -0.327. The number of amides is 2. The minimum absolute atomic E-state index is 0.120. The Bertz CT molecular complexity index is 1690. The van der Waals surface area contributed by atoms with E-state index in [-0.39, 0.29) is 29.9 Å². The second-order valence-corrected chi connectivity index (χ2v) is 12.3. The molecule has 4 aromatic rings. The molecule has 1 aliphatic heterocycles. The number of nitrogens with zero attached hydrogens (tertiary/aromatic N) is 4. The highest BCUT2D eigenvalue weighted by Gasteiger charge is 2.35. The lowest BCUT2D eigenvalue weighted by molar-refractivity contribution is -0.114. The molecule has 7 rings (SSSR count). The van der Waals surface area contributed by atoms with Gasteiger partial charge in [-0.2, -0.15) is 0 Å². The first-order valence-corrected chi connectivity index (χ1v) is 15.5. The average molecular weight is 595 g/mol. The molecule has 3 N–H and O–H groups in total. The molecule has 0 spiro atoms. The van der Waals surface area contributed by atoms with Gasteiger partial charge in [0.1, 0.15) is 12.4 Å². The molecule has 0 saturated heterocycles. The minimum Gasteiger partial charge on any atom is -0.397 e. The smallest absolute Gasteiger partial charge is 0.279 e. The van der Waals surface area contributed by atoms with Crippen LogP contribution in [0.4, 0.5) is 17.2 Å². The lowest BCUT2D eigenvalue weighted by Crippen LogP contribution is -2.48. The standard InChI is InChI=1S/C34H35ClN6O2/c1-21-37-33-32(41(21)27-16-17-29(35)30(36)18-27)34(43)40(20-31(42)38-33)26-14-12-22(13-15-26)28-11-3-2-6-23(28)19-39(24-7-4-8-24)25-9-5-10-25/h2-3,6,11-18,24-25H,4-5,7-10,19-20,36H2,1H3,(H,38,42). The summed E-state index contributed by atoms with van der Waals surface area (Å²) in [6.07, 6.45) is 7.87. The molecule has 2 heterocycles. The van der Waals surface area contributed by atoms with E-state index in [0.717, 1.165) is 12.1 Å². The van der Waals surface area contributed by atoms with Crippen LogP contribution in [0, 0.1) is 6.92 Å². The van der Waals surface area contributed by atoms with Crippen LogP contribution >= 0.6 is 11.6 Å². The molecule has 0 bridgehead atoms. The van der Waals surface area contributed by atoms with Crippen molar-refractivity contribution < 1.29 is 9.59 Å². The van der Waals surface area contributed by atoms with Crippen LogP contribution in [0.25, 0.3) is 16.8 Å². The summed E-state index contributed by atoms with van der Waals surface area (Å²) in [4.78, 5) is 35.8. The van der Waals surface area contributed by atoms with Gasteiger partial charge in [-0.3, -0.25) is 24.0 Å². The first-order valence-electron chi connectivity index (χ1n) is 15.1. The number of anilines is 3. The molecule has 9 heteroatoms. The van der Waals surface area contributed by atoms with Gasteiger partial charge in [-0.15, -0.1) is 0 Å². The van der Waals surface area contributed by atoms with Gasteiger partial charge in [-0.1, -0.05) is 60.8 Å². The van der Waals surface area contributed by atoms with E-state index in [9.17, 15) is 9.59 Å². The molecule has 0 radical (unpaired) electrons. The van der Waals surface area contributed by atoms with Gasteiger partial charge in [0.2, 0.25) is 5.91 Å². The van der Waals surface area contributed by atoms with Crippen LogP contribution in [0.15, 0.2) is 66.7 Å². The van der Waals surface area contributed by atoms with Crippen molar-refractivity contribution in [2.24, 2.45) is 0 Å².